The highest BCUT2D eigenvalue weighted by Crippen LogP contribution is 2.69. The number of ether oxygens (including phenoxy) is 9. The number of hydrogen-bond acceptors (Lipinski definition) is 14. The van der Waals surface area contributed by atoms with E-state index in [0.717, 1.165) is 140 Å². The Morgan fingerprint density at radius 2 is 0.682 bits per heavy atom. The van der Waals surface area contributed by atoms with Gasteiger partial charge >= 0.3 is 29.8 Å². The van der Waals surface area contributed by atoms with E-state index in [1.54, 1.807) is 0 Å². The lowest BCUT2D eigenvalue weighted by atomic mass is 9.55. The third kappa shape index (κ3) is 23.8. The van der Waals surface area contributed by atoms with Crippen molar-refractivity contribution in [2.75, 3.05) is 6.79 Å². The first-order chi connectivity index (χ1) is 47.1. The molecule has 15 aliphatic rings. The highest BCUT2D eigenvalue weighted by Gasteiger charge is 2.64. The molecule has 14 heteroatoms. The maximum atomic E-state index is 12.2. The summed E-state index contributed by atoms with van der Waals surface area (Å²) in [5, 5.41) is 0. The average Bonchev–Trinajstić information content (AvgIpc) is 1.56. The van der Waals surface area contributed by atoms with Gasteiger partial charge in [0.05, 0.1) is 51.5 Å². The Balaban J connectivity index is 0.00000133. The number of hydrogen-bond donors (Lipinski definition) is 0. The summed E-state index contributed by atoms with van der Waals surface area (Å²) in [4.78, 5) is 60.5. The highest BCUT2D eigenvalue weighted by atomic mass is 16.7. The molecule has 20 atom stereocenters. The van der Waals surface area contributed by atoms with Crippen LogP contribution in [0.3, 0.4) is 0 Å². The normalized spacial score (nSPS) is 34.3. The van der Waals surface area contributed by atoms with E-state index in [4.69, 9.17) is 42.6 Å². The summed E-state index contributed by atoms with van der Waals surface area (Å²) in [5.41, 5.74) is -2.16. The summed E-state index contributed by atoms with van der Waals surface area (Å²) in [5.74, 6) is 15.9. The number of rotatable bonds is 24. The zero-order chi connectivity index (χ0) is 72.8. The van der Waals surface area contributed by atoms with Gasteiger partial charge in [0.2, 0.25) is 0 Å². The molecule has 0 aromatic carbocycles. The van der Waals surface area contributed by atoms with Crippen molar-refractivity contribution in [2.24, 2.45) is 140 Å². The molecule has 0 aliphatic heterocycles. The van der Waals surface area contributed by atoms with Gasteiger partial charge < -0.3 is 42.6 Å². The number of fused-ring (bicyclic) bond motifs is 20. The van der Waals surface area contributed by atoms with Crippen molar-refractivity contribution >= 4 is 29.8 Å². The van der Waals surface area contributed by atoms with Crippen LogP contribution < -0.4 is 0 Å². The first-order valence-electron chi connectivity index (χ1n) is 41.7. The minimum absolute atomic E-state index is 0. The zero-order valence-electron chi connectivity index (χ0n) is 66.7. The third-order valence-electron chi connectivity index (χ3n) is 30.5. The lowest BCUT2D eigenvalue weighted by molar-refractivity contribution is -0.224. The van der Waals surface area contributed by atoms with Crippen molar-refractivity contribution in [3.63, 3.8) is 0 Å². The van der Waals surface area contributed by atoms with Gasteiger partial charge in [-0.3, -0.25) is 24.0 Å². The molecule has 0 heterocycles. The predicted octanol–water partition coefficient (Wildman–Crippen LogP) is 26.4. The van der Waals surface area contributed by atoms with Gasteiger partial charge in [-0.2, -0.15) is 0 Å². The summed E-state index contributed by atoms with van der Waals surface area (Å²) in [7, 11) is 0. The van der Waals surface area contributed by atoms with Crippen LogP contribution in [0.4, 0.5) is 0 Å². The van der Waals surface area contributed by atoms with Crippen molar-refractivity contribution < 1.29 is 66.6 Å². The van der Waals surface area contributed by atoms with Crippen LogP contribution in [0.2, 0.25) is 0 Å². The smallest absolute Gasteiger partial charge is 0.313 e. The number of carbonyl (C=O) groups is 5. The molecule has 15 rings (SSSR count). The van der Waals surface area contributed by atoms with Crippen molar-refractivity contribution in [3.05, 3.63) is 0 Å². The molecule has 14 nitrogen and oxygen atoms in total. The van der Waals surface area contributed by atoms with E-state index in [1.807, 2.05) is 125 Å². The maximum absolute atomic E-state index is 12.2. The fourth-order valence-corrected chi connectivity index (χ4v) is 22.7. The van der Waals surface area contributed by atoms with E-state index in [2.05, 4.69) is 13.8 Å². The lowest BCUT2D eigenvalue weighted by Gasteiger charge is -2.54. The van der Waals surface area contributed by atoms with E-state index >= 15 is 0 Å². The summed E-state index contributed by atoms with van der Waals surface area (Å²) >= 11 is 0. The lowest BCUT2D eigenvalue weighted by Crippen LogP contribution is -2.50. The molecule has 15 aliphatic carbocycles. The highest BCUT2D eigenvalue weighted by molar-refractivity contribution is 5.77. The van der Waals surface area contributed by atoms with Gasteiger partial charge in [0.25, 0.3) is 0 Å². The topological polar surface area (TPSA) is 168 Å². The fourth-order valence-electron chi connectivity index (χ4n) is 22.7. The maximum Gasteiger partial charge on any atom is 0.313 e. The van der Waals surface area contributed by atoms with Crippen LogP contribution in [0, 0.1) is 140 Å². The van der Waals surface area contributed by atoms with Gasteiger partial charge in [0.15, 0.2) is 25.7 Å². The molecule has 15 fully saturated rings. The van der Waals surface area contributed by atoms with Crippen LogP contribution in [0.5, 0.6) is 0 Å². The molecule has 0 N–H and O–H groups in total. The first kappa shape index (κ1) is 107. The summed E-state index contributed by atoms with van der Waals surface area (Å²) in [6.45, 7) is 39.6. The SMILES string of the molecule is C.C.C.C.C.C.C.C.C.C.CCC(C)(C)C(=O)OC(C)OC1C2CC3CC(C2)CC1C3.CCC(C)(C)C(=O)OC(C)OC1CC2CC1C1C3CCC(C3)C21.CCC(C)(C)C(=O)OC(C)OC1CC2CCC1C2.CCC(C)(C)C(=O)OC1(C(C)C)CCCC1.CCC(C)(C)C(=O)OCOC1CC2CC1C1C3CCC(C3)C21. The standard InChI is InChI=1S/C20H32O3.C19H30O3.C18H30O3.C15H26O3.C14H26O2.10CH4/c1-5-20(3,4)19(21)23-11(2)22-16-10-14-9-15(16)18-13-7-6-12(8-13)17(14)18;1-4-19(2,3)18(20)22-10-21-15-9-13-8-14(15)17-12-6-5-11(7-12)16(13)17;1-5-18(3,4)17(19)21-11(2)20-16-14-7-12-6-13(9-14)10-15(16)8-12;1-5-15(3,4)14(16)18-10(2)17-13-9-11-6-7-12(13)8-11;1-6-13(4,5)12(15)16-14(11(2)3)9-7-8-10-14;;;;;;;;;;/h11-18H,5-10H2,1-4H3;11-17H,4-10H2,1-3H3;11-16H,5-10H2,1-4H3;10-13H,5-9H2,1-4H3;11H,6-10H2,1-5H3;10*1H4. The van der Waals surface area contributed by atoms with Gasteiger partial charge in [0.1, 0.15) is 5.60 Å². The second-order valence-electron chi connectivity index (χ2n) is 39.0. The van der Waals surface area contributed by atoms with Gasteiger partial charge in [0, 0.05) is 0 Å². The molecule has 0 saturated heterocycles. The predicted molar refractivity (Wildman–Crippen MR) is 457 cm³/mol. The minimum Gasteiger partial charge on any atom is -0.458 e. The van der Waals surface area contributed by atoms with Crippen molar-refractivity contribution in [3.8, 4) is 0 Å². The summed E-state index contributed by atoms with van der Waals surface area (Å²) in [6, 6.07) is 0. The van der Waals surface area contributed by atoms with Gasteiger partial charge in [-0.1, -0.05) is 123 Å². The Kier molecular flexibility index (Phi) is 42.5. The van der Waals surface area contributed by atoms with Crippen LogP contribution in [-0.4, -0.2) is 85.5 Å². The summed E-state index contributed by atoms with van der Waals surface area (Å²) in [6.07, 6.45) is 34.5. The number of carbonyl (C=O) groups excluding carboxylic acids is 5. The van der Waals surface area contributed by atoms with E-state index in [9.17, 15) is 24.0 Å². The van der Waals surface area contributed by atoms with Crippen LogP contribution >= 0.6 is 0 Å². The van der Waals surface area contributed by atoms with Crippen molar-refractivity contribution in [2.45, 2.75) is 441 Å². The largest absolute Gasteiger partial charge is 0.458 e. The first-order valence-corrected chi connectivity index (χ1v) is 41.7. The van der Waals surface area contributed by atoms with Crippen LogP contribution in [0.1, 0.15) is 393 Å². The molecular weight excluding hydrogens is 1380 g/mol. The Hall–Kier alpha value is -2.81. The van der Waals surface area contributed by atoms with Crippen molar-refractivity contribution in [1.29, 1.82) is 0 Å². The number of esters is 5. The summed E-state index contributed by atoms with van der Waals surface area (Å²) < 4.78 is 52.2. The monoisotopic (exact) mass is 1560 g/mol. The van der Waals surface area contributed by atoms with E-state index in [0.29, 0.717) is 48.1 Å². The quantitative estimate of drug-likeness (QED) is 0.0387. The second kappa shape index (κ2) is 43.6. The molecule has 652 valence electrons. The molecule has 0 spiro atoms. The van der Waals surface area contributed by atoms with E-state index in [-0.39, 0.29) is 122 Å². The minimum atomic E-state index is -0.415. The molecule has 0 amide bonds. The van der Waals surface area contributed by atoms with Crippen LogP contribution in [0.25, 0.3) is 0 Å². The van der Waals surface area contributed by atoms with Gasteiger partial charge in [-0.05, 0) is 382 Å². The van der Waals surface area contributed by atoms with E-state index < -0.39 is 40.5 Å². The second-order valence-corrected chi connectivity index (χ2v) is 39.0. The zero-order valence-corrected chi connectivity index (χ0v) is 66.7. The third-order valence-corrected chi connectivity index (χ3v) is 30.5. The van der Waals surface area contributed by atoms with Gasteiger partial charge in [-0.15, -0.1) is 0 Å². The van der Waals surface area contributed by atoms with Gasteiger partial charge in [-0.25, -0.2) is 0 Å². The molecular formula is C96H184O14. The van der Waals surface area contributed by atoms with Crippen LogP contribution in [0.15, 0.2) is 0 Å². The molecule has 14 bridgehead atoms. The Morgan fingerprint density at radius 3 is 1.06 bits per heavy atom. The Morgan fingerprint density at radius 1 is 0.336 bits per heavy atom. The Labute approximate surface area is 680 Å². The molecule has 0 aromatic heterocycles. The van der Waals surface area contributed by atoms with E-state index in [1.165, 1.54) is 128 Å². The molecule has 110 heavy (non-hydrogen) atoms. The molecule has 0 radical (unpaired) electrons. The van der Waals surface area contributed by atoms with Crippen molar-refractivity contribution in [1.82, 2.24) is 0 Å². The average molecular weight is 1560 g/mol. The molecule has 20 unspecified atom stereocenters. The molecule has 15 saturated carbocycles. The Bertz CT molecular complexity index is 2710. The fraction of sp³-hybridized carbons (Fsp3) is 0.948. The molecule has 0 aromatic rings. The van der Waals surface area contributed by atoms with Crippen LogP contribution in [-0.2, 0) is 66.6 Å².